The van der Waals surface area contributed by atoms with E-state index in [1.807, 2.05) is 26.0 Å². The number of rotatable bonds is 7. The van der Waals surface area contributed by atoms with Gasteiger partial charge in [0.2, 0.25) is 5.91 Å². The van der Waals surface area contributed by atoms with E-state index in [9.17, 15) is 14.4 Å². The van der Waals surface area contributed by atoms with Crippen molar-refractivity contribution < 1.29 is 14.4 Å². The molecule has 0 spiro atoms. The van der Waals surface area contributed by atoms with Gasteiger partial charge in [-0.3, -0.25) is 19.3 Å². The average Bonchev–Trinajstić information content (AvgIpc) is 3.48. The summed E-state index contributed by atoms with van der Waals surface area (Å²) >= 11 is 6.92. The van der Waals surface area contributed by atoms with Crippen molar-refractivity contribution in [1.82, 2.24) is 9.69 Å². The van der Waals surface area contributed by atoms with Crippen LogP contribution in [0.15, 0.2) is 42.5 Å². The van der Waals surface area contributed by atoms with E-state index in [1.54, 1.807) is 30.3 Å². The number of carbonyl (C=O) groups excluding carboxylic acids is 3. The van der Waals surface area contributed by atoms with Crippen molar-refractivity contribution in [3.05, 3.63) is 74.7 Å². The van der Waals surface area contributed by atoms with Gasteiger partial charge in [-0.1, -0.05) is 54.3 Å². The van der Waals surface area contributed by atoms with Gasteiger partial charge in [-0.2, -0.15) is 4.37 Å². The molecule has 1 saturated carbocycles. The Morgan fingerprint density at radius 3 is 2.36 bits per heavy atom. The second-order valence-electron chi connectivity index (χ2n) is 9.05. The molecular formula is C26H28ClN5O3S. The molecular weight excluding hydrogens is 498 g/mol. The minimum absolute atomic E-state index is 0.0383. The van der Waals surface area contributed by atoms with Crippen molar-refractivity contribution in [2.45, 2.75) is 51.6 Å². The predicted molar refractivity (Wildman–Crippen MR) is 142 cm³/mol. The van der Waals surface area contributed by atoms with Crippen molar-refractivity contribution in [2.24, 2.45) is 5.73 Å². The molecule has 10 heteroatoms. The zero-order chi connectivity index (χ0) is 26.0. The Morgan fingerprint density at radius 2 is 1.78 bits per heavy atom. The van der Waals surface area contributed by atoms with Gasteiger partial charge in [-0.05, 0) is 67.5 Å². The molecule has 3 amide bonds. The second-order valence-corrected chi connectivity index (χ2v) is 10.3. The highest BCUT2D eigenvalue weighted by Gasteiger charge is 2.37. The number of nitrogen functional groups attached to an aromatic ring is 1. The molecule has 0 unspecified atom stereocenters. The van der Waals surface area contributed by atoms with Crippen molar-refractivity contribution in [3.8, 4) is 0 Å². The summed E-state index contributed by atoms with van der Waals surface area (Å²) in [6.45, 7) is 3.83. The molecule has 5 N–H and O–H groups in total. The minimum atomic E-state index is -1.02. The highest BCUT2D eigenvalue weighted by atomic mass is 35.5. The molecule has 1 aliphatic carbocycles. The molecule has 4 rings (SSSR count). The normalized spacial score (nSPS) is 14.4. The van der Waals surface area contributed by atoms with E-state index in [-0.39, 0.29) is 28.2 Å². The topological polar surface area (TPSA) is 131 Å². The zero-order valence-electron chi connectivity index (χ0n) is 20.1. The molecule has 0 saturated heterocycles. The van der Waals surface area contributed by atoms with Crippen LogP contribution < -0.4 is 21.7 Å². The Balaban J connectivity index is 1.88. The summed E-state index contributed by atoms with van der Waals surface area (Å²) in [5.74, 6) is -1.68. The number of amides is 3. The lowest BCUT2D eigenvalue weighted by Crippen LogP contribution is -2.46. The monoisotopic (exact) mass is 525 g/mol. The molecule has 1 atom stereocenters. The lowest BCUT2D eigenvalue weighted by atomic mass is 10.00. The van der Waals surface area contributed by atoms with Crippen LogP contribution in [0.25, 0.3) is 0 Å². The fourth-order valence-corrected chi connectivity index (χ4v) is 5.46. The Labute approximate surface area is 218 Å². The largest absolute Gasteiger partial charge is 0.395 e. The molecule has 1 fully saturated rings. The molecule has 2 aromatic carbocycles. The van der Waals surface area contributed by atoms with Gasteiger partial charge in [0.25, 0.3) is 11.8 Å². The summed E-state index contributed by atoms with van der Waals surface area (Å²) in [7, 11) is 0. The number of benzene rings is 2. The Kier molecular flexibility index (Phi) is 7.61. The van der Waals surface area contributed by atoms with Crippen LogP contribution in [0.3, 0.4) is 0 Å². The van der Waals surface area contributed by atoms with Crippen LogP contribution in [0.1, 0.15) is 68.6 Å². The number of aromatic nitrogens is 1. The number of nitrogens with zero attached hydrogens (tertiary/aromatic N) is 2. The third-order valence-electron chi connectivity index (χ3n) is 6.38. The fourth-order valence-electron chi connectivity index (χ4n) is 4.59. The molecule has 1 aromatic heterocycles. The average molecular weight is 526 g/mol. The predicted octanol–water partition coefficient (Wildman–Crippen LogP) is 4.54. The molecule has 188 valence electrons. The molecule has 8 nitrogen and oxygen atoms in total. The number of aryl methyl sites for hydroxylation is 2. The van der Waals surface area contributed by atoms with Gasteiger partial charge in [-0.15, -0.1) is 0 Å². The standard InChI is InChI=1S/C26H28ClN5O3S/c1-14-7-12-19(15(2)13-14)32(26(35)23-20(28)21(24(29)33)31-36-23)22(16-8-10-17(27)11-9-16)25(34)30-18-5-3-4-6-18/h7-13,18,22H,3-6,28H2,1-2H3,(H2,29,33)(H,30,34)/t22-/m0/s1. The lowest BCUT2D eigenvalue weighted by molar-refractivity contribution is -0.123. The quantitative estimate of drug-likeness (QED) is 0.416. The van der Waals surface area contributed by atoms with Crippen molar-refractivity contribution >= 4 is 52.2 Å². The van der Waals surface area contributed by atoms with Gasteiger partial charge < -0.3 is 16.8 Å². The number of hydrogen-bond acceptors (Lipinski definition) is 6. The van der Waals surface area contributed by atoms with Crippen molar-refractivity contribution in [2.75, 3.05) is 10.6 Å². The lowest BCUT2D eigenvalue weighted by Gasteiger charge is -2.33. The number of anilines is 2. The first kappa shape index (κ1) is 25.7. The Morgan fingerprint density at radius 1 is 1.11 bits per heavy atom. The van der Waals surface area contributed by atoms with E-state index in [2.05, 4.69) is 9.69 Å². The second kappa shape index (κ2) is 10.7. The first-order valence-electron chi connectivity index (χ1n) is 11.7. The van der Waals surface area contributed by atoms with E-state index in [4.69, 9.17) is 23.1 Å². The number of primary amides is 1. The maximum atomic E-state index is 14.1. The molecule has 0 bridgehead atoms. The van der Waals surface area contributed by atoms with Crippen LogP contribution in [-0.4, -0.2) is 28.1 Å². The summed E-state index contributed by atoms with van der Waals surface area (Å²) in [6.07, 6.45) is 3.87. The zero-order valence-corrected chi connectivity index (χ0v) is 21.7. The van der Waals surface area contributed by atoms with Crippen LogP contribution >= 0.6 is 23.1 Å². The highest BCUT2D eigenvalue weighted by Crippen LogP contribution is 2.36. The summed E-state index contributed by atoms with van der Waals surface area (Å²) in [5.41, 5.74) is 14.2. The smallest absolute Gasteiger partial charge is 0.273 e. The number of nitrogens with one attached hydrogen (secondary N) is 1. The van der Waals surface area contributed by atoms with Crippen molar-refractivity contribution in [1.29, 1.82) is 0 Å². The Bertz CT molecular complexity index is 1300. The fraction of sp³-hybridized carbons (Fsp3) is 0.308. The summed E-state index contributed by atoms with van der Waals surface area (Å²) < 4.78 is 4.00. The van der Waals surface area contributed by atoms with Gasteiger partial charge in [0, 0.05) is 16.8 Å². The van der Waals surface area contributed by atoms with Crippen LogP contribution in [-0.2, 0) is 4.79 Å². The van der Waals surface area contributed by atoms with Crippen LogP contribution in [0.2, 0.25) is 5.02 Å². The first-order chi connectivity index (χ1) is 17.2. The molecule has 1 aliphatic rings. The van der Waals surface area contributed by atoms with Crippen LogP contribution in [0.4, 0.5) is 11.4 Å². The Hall–Kier alpha value is -3.43. The maximum absolute atomic E-state index is 14.1. The van der Waals surface area contributed by atoms with Gasteiger partial charge in [0.15, 0.2) is 5.69 Å². The number of halogens is 1. The van der Waals surface area contributed by atoms with E-state index in [1.165, 1.54) is 4.90 Å². The SMILES string of the molecule is Cc1ccc(N(C(=O)c2snc(C(N)=O)c2N)[C@H](C(=O)NC2CCCC2)c2ccc(Cl)cc2)c(C)c1. The van der Waals surface area contributed by atoms with Gasteiger partial charge >= 0.3 is 0 Å². The summed E-state index contributed by atoms with van der Waals surface area (Å²) in [6, 6.07) is 11.5. The van der Waals surface area contributed by atoms with Gasteiger partial charge in [0.05, 0.1) is 5.69 Å². The first-order valence-corrected chi connectivity index (χ1v) is 12.8. The minimum Gasteiger partial charge on any atom is -0.395 e. The maximum Gasteiger partial charge on any atom is 0.273 e. The van der Waals surface area contributed by atoms with Crippen LogP contribution in [0.5, 0.6) is 0 Å². The van der Waals surface area contributed by atoms with E-state index in [0.717, 1.165) is 48.3 Å². The number of hydrogen-bond donors (Lipinski definition) is 3. The van der Waals surface area contributed by atoms with Gasteiger partial charge in [-0.25, -0.2) is 0 Å². The summed E-state index contributed by atoms with van der Waals surface area (Å²) in [4.78, 5) is 41.2. The van der Waals surface area contributed by atoms with E-state index in [0.29, 0.717) is 16.3 Å². The molecule has 0 radical (unpaired) electrons. The van der Waals surface area contributed by atoms with Crippen LogP contribution in [0, 0.1) is 13.8 Å². The van der Waals surface area contributed by atoms with E-state index < -0.39 is 17.9 Å². The van der Waals surface area contributed by atoms with Gasteiger partial charge in [0.1, 0.15) is 10.9 Å². The van der Waals surface area contributed by atoms with Crippen molar-refractivity contribution in [3.63, 3.8) is 0 Å². The molecule has 3 aromatic rings. The number of nitrogens with two attached hydrogens (primary N) is 2. The van der Waals surface area contributed by atoms with E-state index >= 15 is 0 Å². The number of carbonyl (C=O) groups is 3. The molecule has 1 heterocycles. The summed E-state index contributed by atoms with van der Waals surface area (Å²) in [5, 5.41) is 3.64. The third-order valence-corrected chi connectivity index (χ3v) is 7.48. The molecule has 36 heavy (non-hydrogen) atoms. The third kappa shape index (κ3) is 5.22. The molecule has 0 aliphatic heterocycles. The highest BCUT2D eigenvalue weighted by molar-refractivity contribution is 7.09.